The van der Waals surface area contributed by atoms with E-state index in [1.54, 1.807) is 6.92 Å². The van der Waals surface area contributed by atoms with E-state index in [4.69, 9.17) is 9.88 Å². The quantitative estimate of drug-likeness (QED) is 0.777. The Kier molecular flexibility index (Phi) is 5.02. The van der Waals surface area contributed by atoms with Crippen LogP contribution in [0.4, 0.5) is 0 Å². The minimum Gasteiger partial charge on any atom is -0.462 e. The number of nitrogens with two attached hydrogens (primary N) is 1. The molecule has 1 rings (SSSR count). The smallest absolute Gasteiger partial charge is 0.339 e. The van der Waals surface area contributed by atoms with Crippen molar-refractivity contribution in [3.05, 3.63) is 35.4 Å². The van der Waals surface area contributed by atoms with Crippen LogP contribution in [0.1, 0.15) is 27.6 Å². The topological polar surface area (TPSA) is 113 Å². The predicted octanol–water partition coefficient (Wildman–Crippen LogP) is 0.266. The van der Waals surface area contributed by atoms with E-state index in [1.165, 1.54) is 24.3 Å². The minimum atomic E-state index is -3.87. The van der Waals surface area contributed by atoms with E-state index in [1.807, 2.05) is 0 Å². The zero-order valence-electron chi connectivity index (χ0n) is 10.2. The molecule has 0 amide bonds. The molecule has 0 heterocycles. The van der Waals surface area contributed by atoms with Crippen molar-refractivity contribution in [2.75, 3.05) is 12.5 Å². The van der Waals surface area contributed by atoms with Gasteiger partial charge in [0.15, 0.2) is 0 Å². The second-order valence-electron chi connectivity index (χ2n) is 3.51. The van der Waals surface area contributed by atoms with Gasteiger partial charge in [0.05, 0.1) is 17.7 Å². The summed E-state index contributed by atoms with van der Waals surface area (Å²) < 4.78 is 30.5. The molecule has 0 unspecified atom stereocenters. The van der Waals surface area contributed by atoms with Crippen LogP contribution in [0.25, 0.3) is 0 Å². The van der Waals surface area contributed by atoms with Gasteiger partial charge in [0.25, 0.3) is 0 Å². The molecule has 0 atom stereocenters. The maximum Gasteiger partial charge on any atom is 0.339 e. The van der Waals surface area contributed by atoms with Crippen LogP contribution < -0.4 is 5.14 Å². The van der Waals surface area contributed by atoms with Crippen molar-refractivity contribution < 1.29 is 27.5 Å². The van der Waals surface area contributed by atoms with Gasteiger partial charge in [0.1, 0.15) is 0 Å². The minimum absolute atomic E-state index is 0.108. The van der Waals surface area contributed by atoms with Crippen molar-refractivity contribution in [3.8, 4) is 0 Å². The molecule has 1 aromatic rings. The lowest BCUT2D eigenvalue weighted by Crippen LogP contribution is -2.21. The third-order valence-electron chi connectivity index (χ3n) is 1.99. The van der Waals surface area contributed by atoms with Gasteiger partial charge in [0, 0.05) is 0 Å². The standard InChI is InChI=1S/C11H13NO6S/c1-2-17-10(13)8-3-5-9(6-4-8)11(14)18-7-19(12,15)16/h3-6H,2,7H2,1H3,(H2,12,15,16). The molecule has 0 aromatic heterocycles. The lowest BCUT2D eigenvalue weighted by molar-refractivity contribution is 0.0522. The van der Waals surface area contributed by atoms with Crippen molar-refractivity contribution >= 4 is 22.0 Å². The molecular formula is C11H13NO6S. The van der Waals surface area contributed by atoms with Crippen molar-refractivity contribution in [1.82, 2.24) is 0 Å². The van der Waals surface area contributed by atoms with Crippen LogP contribution in [0, 0.1) is 0 Å². The molecule has 0 bridgehead atoms. The summed E-state index contributed by atoms with van der Waals surface area (Å²) in [5, 5.41) is 4.69. The molecule has 0 spiro atoms. The van der Waals surface area contributed by atoms with Gasteiger partial charge in [-0.25, -0.2) is 23.1 Å². The van der Waals surface area contributed by atoms with E-state index < -0.39 is 27.9 Å². The fourth-order valence-electron chi connectivity index (χ4n) is 1.18. The molecule has 19 heavy (non-hydrogen) atoms. The van der Waals surface area contributed by atoms with E-state index in [2.05, 4.69) is 4.74 Å². The Morgan fingerprint density at radius 3 is 1.84 bits per heavy atom. The lowest BCUT2D eigenvalue weighted by atomic mass is 10.1. The zero-order valence-corrected chi connectivity index (χ0v) is 11.0. The van der Waals surface area contributed by atoms with Crippen molar-refractivity contribution in [1.29, 1.82) is 0 Å². The monoisotopic (exact) mass is 287 g/mol. The van der Waals surface area contributed by atoms with E-state index in [0.29, 0.717) is 0 Å². The maximum atomic E-state index is 11.4. The summed E-state index contributed by atoms with van der Waals surface area (Å²) in [7, 11) is -3.87. The first-order chi connectivity index (χ1) is 8.83. The second kappa shape index (κ2) is 6.30. The van der Waals surface area contributed by atoms with Crippen LogP contribution in [-0.2, 0) is 19.5 Å². The molecule has 2 N–H and O–H groups in total. The molecule has 0 saturated carbocycles. The molecule has 0 aliphatic rings. The van der Waals surface area contributed by atoms with Crippen LogP contribution in [0.3, 0.4) is 0 Å². The van der Waals surface area contributed by atoms with Crippen molar-refractivity contribution in [2.24, 2.45) is 5.14 Å². The highest BCUT2D eigenvalue weighted by Crippen LogP contribution is 2.07. The predicted molar refractivity (Wildman–Crippen MR) is 65.8 cm³/mol. The van der Waals surface area contributed by atoms with Gasteiger partial charge in [-0.05, 0) is 31.2 Å². The van der Waals surface area contributed by atoms with Crippen LogP contribution in [0.2, 0.25) is 0 Å². The Morgan fingerprint density at radius 2 is 1.47 bits per heavy atom. The molecule has 8 heteroatoms. The number of carbonyl (C=O) groups excluding carboxylic acids is 2. The lowest BCUT2D eigenvalue weighted by Gasteiger charge is -2.04. The fourth-order valence-corrected chi connectivity index (χ4v) is 1.45. The first-order valence-corrected chi connectivity index (χ1v) is 7.00. The second-order valence-corrected chi connectivity index (χ2v) is 5.07. The van der Waals surface area contributed by atoms with Crippen LogP contribution in [-0.4, -0.2) is 32.9 Å². The van der Waals surface area contributed by atoms with Gasteiger partial charge < -0.3 is 9.47 Å². The number of carbonyl (C=O) groups is 2. The van der Waals surface area contributed by atoms with Crippen molar-refractivity contribution in [2.45, 2.75) is 6.92 Å². The molecule has 0 aliphatic heterocycles. The zero-order chi connectivity index (χ0) is 14.5. The maximum absolute atomic E-state index is 11.4. The number of rotatable bonds is 5. The number of sulfonamides is 1. The summed E-state index contributed by atoms with van der Waals surface area (Å²) in [6.45, 7) is 1.92. The largest absolute Gasteiger partial charge is 0.462 e. The summed E-state index contributed by atoms with van der Waals surface area (Å²) in [6.07, 6.45) is 0. The highest BCUT2D eigenvalue weighted by atomic mass is 32.2. The van der Waals surface area contributed by atoms with Gasteiger partial charge in [-0.1, -0.05) is 0 Å². The van der Waals surface area contributed by atoms with Gasteiger partial charge in [-0.3, -0.25) is 0 Å². The Balaban J connectivity index is 2.71. The summed E-state index contributed by atoms with van der Waals surface area (Å²) in [5.74, 6) is -2.25. The summed E-state index contributed by atoms with van der Waals surface area (Å²) in [5.41, 5.74) is 0.390. The first-order valence-electron chi connectivity index (χ1n) is 5.28. The third kappa shape index (κ3) is 5.06. The number of esters is 2. The summed E-state index contributed by atoms with van der Waals surface area (Å²) >= 11 is 0. The molecular weight excluding hydrogens is 274 g/mol. The molecule has 0 radical (unpaired) electrons. The Morgan fingerprint density at radius 1 is 1.05 bits per heavy atom. The number of benzene rings is 1. The van der Waals surface area contributed by atoms with E-state index >= 15 is 0 Å². The van der Waals surface area contributed by atoms with Gasteiger partial charge in [-0.2, -0.15) is 0 Å². The SMILES string of the molecule is CCOC(=O)c1ccc(C(=O)OCS(N)(=O)=O)cc1. The number of ether oxygens (including phenoxy) is 2. The number of hydrogen-bond donors (Lipinski definition) is 1. The summed E-state index contributed by atoms with van der Waals surface area (Å²) in [4.78, 5) is 22.8. The molecule has 1 aromatic carbocycles. The van der Waals surface area contributed by atoms with E-state index in [-0.39, 0.29) is 17.7 Å². The third-order valence-corrected chi connectivity index (χ3v) is 2.43. The molecule has 104 valence electrons. The van der Waals surface area contributed by atoms with Crippen LogP contribution in [0.15, 0.2) is 24.3 Å². The fraction of sp³-hybridized carbons (Fsp3) is 0.273. The Labute approximate surface area is 110 Å². The highest BCUT2D eigenvalue weighted by Gasteiger charge is 2.12. The molecule has 0 saturated heterocycles. The van der Waals surface area contributed by atoms with Crippen molar-refractivity contribution in [3.63, 3.8) is 0 Å². The summed E-state index contributed by atoms with van der Waals surface area (Å²) in [6, 6.07) is 5.42. The Bertz CT molecular complexity index is 563. The molecule has 0 aliphatic carbocycles. The van der Waals surface area contributed by atoms with Gasteiger partial charge in [-0.15, -0.1) is 0 Å². The number of primary sulfonamides is 1. The van der Waals surface area contributed by atoms with E-state index in [0.717, 1.165) is 0 Å². The number of hydrogen-bond acceptors (Lipinski definition) is 6. The average molecular weight is 287 g/mol. The van der Waals surface area contributed by atoms with Gasteiger partial charge in [0.2, 0.25) is 16.0 Å². The first kappa shape index (κ1) is 15.1. The normalized spacial score (nSPS) is 10.8. The highest BCUT2D eigenvalue weighted by molar-refractivity contribution is 7.88. The molecule has 0 fully saturated rings. The van der Waals surface area contributed by atoms with E-state index in [9.17, 15) is 18.0 Å². The molecule has 7 nitrogen and oxygen atoms in total. The Hall–Kier alpha value is -1.93. The van der Waals surface area contributed by atoms with Crippen LogP contribution >= 0.6 is 0 Å². The van der Waals surface area contributed by atoms with Gasteiger partial charge >= 0.3 is 11.9 Å². The van der Waals surface area contributed by atoms with Crippen LogP contribution in [0.5, 0.6) is 0 Å². The average Bonchev–Trinajstić information content (AvgIpc) is 2.35.